The van der Waals surface area contributed by atoms with Gasteiger partial charge in [-0.05, 0) is 39.8 Å². The maximum Gasteiger partial charge on any atom is 0.132 e. The van der Waals surface area contributed by atoms with Crippen LogP contribution in [0.5, 0.6) is 11.5 Å². The van der Waals surface area contributed by atoms with Gasteiger partial charge in [0, 0.05) is 30.2 Å². The highest BCUT2D eigenvalue weighted by atomic mass is 32.1. The van der Waals surface area contributed by atoms with Crippen LogP contribution in [0.15, 0.2) is 18.2 Å². The van der Waals surface area contributed by atoms with Crippen molar-refractivity contribution in [2.45, 2.75) is 39.9 Å². The molecule has 3 nitrogen and oxygen atoms in total. The lowest BCUT2D eigenvalue weighted by Crippen LogP contribution is -2.08. The molecule has 0 atom stereocenters. The summed E-state index contributed by atoms with van der Waals surface area (Å²) in [4.78, 5) is 2.12. The van der Waals surface area contributed by atoms with Crippen molar-refractivity contribution in [2.24, 2.45) is 0 Å². The third kappa shape index (κ3) is 3.37. The van der Waals surface area contributed by atoms with Gasteiger partial charge in [0.15, 0.2) is 0 Å². The lowest BCUT2D eigenvalue weighted by molar-refractivity contribution is 0.231. The Balaban J connectivity index is 2.52. The standard InChI is InChI=1S/C16H23NO2S/c1-10(2)18-12-7-14(19-11(3)4)13-9-16(17(5)6)20-15(13)8-12/h7-11H,1-6H3. The molecule has 0 fully saturated rings. The zero-order chi connectivity index (χ0) is 14.9. The third-order valence-electron chi connectivity index (χ3n) is 2.74. The van der Waals surface area contributed by atoms with E-state index in [1.165, 1.54) is 9.70 Å². The van der Waals surface area contributed by atoms with Gasteiger partial charge in [0.05, 0.1) is 17.2 Å². The van der Waals surface area contributed by atoms with Gasteiger partial charge >= 0.3 is 0 Å². The van der Waals surface area contributed by atoms with Crippen LogP contribution in [0.1, 0.15) is 27.7 Å². The molecule has 0 N–H and O–H groups in total. The molecule has 1 aromatic heterocycles. The van der Waals surface area contributed by atoms with Gasteiger partial charge in [0.2, 0.25) is 0 Å². The van der Waals surface area contributed by atoms with E-state index in [2.05, 4.69) is 31.1 Å². The molecular weight excluding hydrogens is 270 g/mol. The number of nitrogens with zero attached hydrogens (tertiary/aromatic N) is 1. The van der Waals surface area contributed by atoms with Crippen LogP contribution < -0.4 is 14.4 Å². The first-order valence-electron chi connectivity index (χ1n) is 6.95. The van der Waals surface area contributed by atoms with E-state index in [1.54, 1.807) is 11.3 Å². The fraction of sp³-hybridized carbons (Fsp3) is 0.500. The molecule has 4 heteroatoms. The monoisotopic (exact) mass is 293 g/mol. The molecule has 2 aromatic rings. The molecule has 110 valence electrons. The topological polar surface area (TPSA) is 21.7 Å². The van der Waals surface area contributed by atoms with E-state index in [0.717, 1.165) is 16.9 Å². The molecule has 0 aliphatic heterocycles. The van der Waals surface area contributed by atoms with Crippen molar-refractivity contribution in [1.29, 1.82) is 0 Å². The quantitative estimate of drug-likeness (QED) is 0.807. The molecular formula is C16H23NO2S. The Bertz CT molecular complexity index is 587. The van der Waals surface area contributed by atoms with E-state index >= 15 is 0 Å². The van der Waals surface area contributed by atoms with E-state index < -0.39 is 0 Å². The second-order valence-corrected chi connectivity index (χ2v) is 6.71. The third-order valence-corrected chi connectivity index (χ3v) is 3.99. The average molecular weight is 293 g/mol. The molecule has 0 bridgehead atoms. The van der Waals surface area contributed by atoms with Gasteiger partial charge < -0.3 is 14.4 Å². The summed E-state index contributed by atoms with van der Waals surface area (Å²) >= 11 is 1.75. The van der Waals surface area contributed by atoms with Gasteiger partial charge in [0.1, 0.15) is 11.5 Å². The minimum atomic E-state index is 0.148. The maximum atomic E-state index is 5.95. The largest absolute Gasteiger partial charge is 0.491 e. The minimum absolute atomic E-state index is 0.148. The summed E-state index contributed by atoms with van der Waals surface area (Å²) in [5.41, 5.74) is 0. The summed E-state index contributed by atoms with van der Waals surface area (Å²) in [6.07, 6.45) is 0.308. The van der Waals surface area contributed by atoms with E-state index in [0.29, 0.717) is 0 Å². The Morgan fingerprint density at radius 1 is 0.950 bits per heavy atom. The number of hydrogen-bond acceptors (Lipinski definition) is 4. The number of ether oxygens (including phenoxy) is 2. The Kier molecular flexibility index (Phi) is 4.43. The highest BCUT2D eigenvalue weighted by molar-refractivity contribution is 7.22. The van der Waals surface area contributed by atoms with Crippen molar-refractivity contribution in [3.05, 3.63) is 18.2 Å². The molecule has 1 heterocycles. The zero-order valence-electron chi connectivity index (χ0n) is 13.1. The van der Waals surface area contributed by atoms with E-state index in [4.69, 9.17) is 9.47 Å². The predicted octanol–water partition coefficient (Wildman–Crippen LogP) is 4.54. The maximum absolute atomic E-state index is 5.95. The molecule has 20 heavy (non-hydrogen) atoms. The summed E-state index contributed by atoms with van der Waals surface area (Å²) in [7, 11) is 4.11. The van der Waals surface area contributed by atoms with Crippen LogP contribution in [-0.2, 0) is 0 Å². The average Bonchev–Trinajstić information content (AvgIpc) is 2.71. The number of benzene rings is 1. The van der Waals surface area contributed by atoms with Crippen LogP contribution in [0.25, 0.3) is 10.1 Å². The lowest BCUT2D eigenvalue weighted by Gasteiger charge is -2.14. The summed E-state index contributed by atoms with van der Waals surface area (Å²) < 4.78 is 13.0. The number of fused-ring (bicyclic) bond motifs is 1. The first-order valence-corrected chi connectivity index (χ1v) is 7.76. The first kappa shape index (κ1) is 15.0. The van der Waals surface area contributed by atoms with Gasteiger partial charge in [-0.3, -0.25) is 0 Å². The Hall–Kier alpha value is -1.42. The number of anilines is 1. The van der Waals surface area contributed by atoms with Crippen LogP contribution in [0.3, 0.4) is 0 Å². The van der Waals surface area contributed by atoms with Crippen LogP contribution in [0.2, 0.25) is 0 Å². The second kappa shape index (κ2) is 5.92. The van der Waals surface area contributed by atoms with Gasteiger partial charge in [0.25, 0.3) is 0 Å². The van der Waals surface area contributed by atoms with Crippen LogP contribution in [-0.4, -0.2) is 26.3 Å². The normalized spacial score (nSPS) is 11.4. The molecule has 1 aromatic carbocycles. The Morgan fingerprint density at radius 3 is 2.15 bits per heavy atom. The Labute approximate surface area is 125 Å². The van der Waals surface area contributed by atoms with Gasteiger partial charge in [-0.2, -0.15) is 0 Å². The smallest absolute Gasteiger partial charge is 0.132 e. The van der Waals surface area contributed by atoms with Crippen molar-refractivity contribution in [3.63, 3.8) is 0 Å². The highest BCUT2D eigenvalue weighted by Crippen LogP contribution is 2.40. The lowest BCUT2D eigenvalue weighted by atomic mass is 10.2. The molecule has 0 spiro atoms. The highest BCUT2D eigenvalue weighted by Gasteiger charge is 2.13. The van der Waals surface area contributed by atoms with E-state index in [-0.39, 0.29) is 12.2 Å². The van der Waals surface area contributed by atoms with Gasteiger partial charge in [-0.1, -0.05) is 0 Å². The van der Waals surface area contributed by atoms with Crippen molar-refractivity contribution < 1.29 is 9.47 Å². The molecule has 0 aliphatic rings. The number of thiophene rings is 1. The summed E-state index contributed by atoms with van der Waals surface area (Å²) in [5, 5.41) is 2.37. The van der Waals surface area contributed by atoms with Crippen LogP contribution in [0, 0.1) is 0 Å². The van der Waals surface area contributed by atoms with E-state index in [1.807, 2.05) is 33.8 Å². The minimum Gasteiger partial charge on any atom is -0.491 e. The Morgan fingerprint density at radius 2 is 1.60 bits per heavy atom. The fourth-order valence-electron chi connectivity index (χ4n) is 1.98. The van der Waals surface area contributed by atoms with Crippen molar-refractivity contribution in [2.75, 3.05) is 19.0 Å². The SMILES string of the molecule is CC(C)Oc1cc(OC(C)C)c2cc(N(C)C)sc2c1. The van der Waals surface area contributed by atoms with E-state index in [9.17, 15) is 0 Å². The molecule has 0 radical (unpaired) electrons. The van der Waals surface area contributed by atoms with Crippen molar-refractivity contribution >= 4 is 26.4 Å². The first-order chi connectivity index (χ1) is 9.36. The van der Waals surface area contributed by atoms with Crippen LogP contribution in [0.4, 0.5) is 5.00 Å². The molecule has 0 unspecified atom stereocenters. The molecule has 0 saturated heterocycles. The van der Waals surface area contributed by atoms with Gasteiger partial charge in [-0.25, -0.2) is 0 Å². The molecule has 0 aliphatic carbocycles. The molecule has 2 rings (SSSR count). The number of rotatable bonds is 5. The molecule has 0 saturated carbocycles. The summed E-state index contributed by atoms with van der Waals surface area (Å²) in [6, 6.07) is 6.27. The summed E-state index contributed by atoms with van der Waals surface area (Å²) in [6.45, 7) is 8.15. The van der Waals surface area contributed by atoms with Crippen LogP contribution >= 0.6 is 11.3 Å². The fourth-order valence-corrected chi connectivity index (χ4v) is 3.01. The van der Waals surface area contributed by atoms with Gasteiger partial charge in [-0.15, -0.1) is 11.3 Å². The molecule has 0 amide bonds. The van der Waals surface area contributed by atoms with Crippen molar-refractivity contribution in [1.82, 2.24) is 0 Å². The summed E-state index contributed by atoms with van der Waals surface area (Å²) in [5.74, 6) is 1.77. The van der Waals surface area contributed by atoms with Crippen molar-refractivity contribution in [3.8, 4) is 11.5 Å². The zero-order valence-corrected chi connectivity index (χ0v) is 13.9. The number of hydrogen-bond donors (Lipinski definition) is 0. The second-order valence-electron chi connectivity index (χ2n) is 5.65. The predicted molar refractivity (Wildman–Crippen MR) is 87.7 cm³/mol.